The van der Waals surface area contributed by atoms with Crippen LogP contribution >= 0.6 is 11.3 Å². The maximum Gasteiger partial charge on any atom is 0.146 e. The minimum absolute atomic E-state index is 0.154. The molecule has 4 heteroatoms. The van der Waals surface area contributed by atoms with Crippen LogP contribution in [0.1, 0.15) is 24.5 Å². The molecule has 0 saturated heterocycles. The Hall–Kier alpha value is -1.39. The van der Waals surface area contributed by atoms with E-state index in [4.69, 9.17) is 0 Å². The first-order valence-corrected chi connectivity index (χ1v) is 7.87. The number of hydrogen-bond donors (Lipinski definition) is 1. The minimum atomic E-state index is -0.154. The van der Waals surface area contributed by atoms with Crippen molar-refractivity contribution in [2.75, 3.05) is 18.5 Å². The van der Waals surface area contributed by atoms with Crippen LogP contribution in [0.5, 0.6) is 0 Å². The van der Waals surface area contributed by atoms with E-state index in [1.54, 1.807) is 17.4 Å². The topological polar surface area (TPSA) is 15.3 Å². The molecule has 108 valence electrons. The van der Waals surface area contributed by atoms with Gasteiger partial charge in [-0.3, -0.25) is 0 Å². The summed E-state index contributed by atoms with van der Waals surface area (Å²) in [6.45, 7) is 4.51. The van der Waals surface area contributed by atoms with Crippen LogP contribution in [0.15, 0.2) is 35.0 Å². The second-order valence-electron chi connectivity index (χ2n) is 4.91. The molecule has 0 fully saturated rings. The predicted octanol–water partition coefficient (Wildman–Crippen LogP) is 4.02. The van der Waals surface area contributed by atoms with Gasteiger partial charge in [0.25, 0.3) is 0 Å². The zero-order valence-corrected chi connectivity index (χ0v) is 12.8. The largest absolute Gasteiger partial charge is 0.368 e. The van der Waals surface area contributed by atoms with Crippen molar-refractivity contribution in [3.8, 4) is 0 Å². The van der Waals surface area contributed by atoms with Gasteiger partial charge in [0.2, 0.25) is 0 Å². The summed E-state index contributed by atoms with van der Waals surface area (Å²) >= 11 is 1.67. The molecule has 0 radical (unpaired) electrons. The maximum atomic E-state index is 14.2. The third-order valence-corrected chi connectivity index (χ3v) is 3.93. The van der Waals surface area contributed by atoms with Crippen molar-refractivity contribution in [2.45, 2.75) is 26.4 Å². The van der Waals surface area contributed by atoms with Gasteiger partial charge in [0.15, 0.2) is 0 Å². The van der Waals surface area contributed by atoms with Crippen LogP contribution in [0.4, 0.5) is 10.1 Å². The van der Waals surface area contributed by atoms with E-state index < -0.39 is 0 Å². The molecule has 0 saturated carbocycles. The summed E-state index contributed by atoms with van der Waals surface area (Å²) in [5, 5.41) is 7.49. The Kier molecular flexibility index (Phi) is 5.56. The van der Waals surface area contributed by atoms with Gasteiger partial charge in [-0.25, -0.2) is 4.39 Å². The van der Waals surface area contributed by atoms with Gasteiger partial charge in [-0.1, -0.05) is 19.1 Å². The molecule has 2 nitrogen and oxygen atoms in total. The maximum absolute atomic E-state index is 14.2. The molecule has 0 spiro atoms. The fraction of sp³-hybridized carbons (Fsp3) is 0.375. The Morgan fingerprint density at radius 2 is 2.15 bits per heavy atom. The molecular weight excluding hydrogens is 271 g/mol. The highest BCUT2D eigenvalue weighted by molar-refractivity contribution is 7.07. The molecule has 0 aliphatic carbocycles. The monoisotopic (exact) mass is 292 g/mol. The Balaban J connectivity index is 2.15. The first-order valence-electron chi connectivity index (χ1n) is 6.92. The van der Waals surface area contributed by atoms with Crippen LogP contribution < -0.4 is 10.2 Å². The van der Waals surface area contributed by atoms with Crippen molar-refractivity contribution < 1.29 is 4.39 Å². The van der Waals surface area contributed by atoms with E-state index in [0.717, 1.165) is 25.1 Å². The van der Waals surface area contributed by atoms with Crippen LogP contribution in [0.3, 0.4) is 0 Å². The zero-order chi connectivity index (χ0) is 14.4. The standard InChI is InChI=1S/C16H21FN2S/c1-3-8-18-10-14-5-4-6-15(17)16(14)19(2)11-13-7-9-20-12-13/h4-7,9,12,18H,3,8,10-11H2,1-2H3. The molecule has 0 unspecified atom stereocenters. The quantitative estimate of drug-likeness (QED) is 0.775. The van der Waals surface area contributed by atoms with Gasteiger partial charge in [0.1, 0.15) is 5.82 Å². The van der Waals surface area contributed by atoms with E-state index in [1.165, 1.54) is 11.6 Å². The molecule has 1 N–H and O–H groups in total. The van der Waals surface area contributed by atoms with Crippen molar-refractivity contribution in [3.05, 3.63) is 52.0 Å². The SMILES string of the molecule is CCCNCc1cccc(F)c1N(C)Cc1ccsc1. The summed E-state index contributed by atoms with van der Waals surface area (Å²) in [6, 6.07) is 7.38. The highest BCUT2D eigenvalue weighted by atomic mass is 32.1. The number of nitrogens with one attached hydrogen (secondary N) is 1. The summed E-state index contributed by atoms with van der Waals surface area (Å²) in [5.41, 5.74) is 2.92. The van der Waals surface area contributed by atoms with Crippen molar-refractivity contribution in [1.29, 1.82) is 0 Å². The van der Waals surface area contributed by atoms with E-state index in [0.29, 0.717) is 12.2 Å². The summed E-state index contributed by atoms with van der Waals surface area (Å²) in [5.74, 6) is -0.154. The van der Waals surface area contributed by atoms with Gasteiger partial charge >= 0.3 is 0 Å². The Morgan fingerprint density at radius 1 is 1.30 bits per heavy atom. The van der Waals surface area contributed by atoms with E-state index in [2.05, 4.69) is 23.7 Å². The molecule has 2 aromatic rings. The summed E-state index contributed by atoms with van der Waals surface area (Å²) in [6.07, 6.45) is 1.08. The molecule has 2 rings (SSSR count). The molecular formula is C16H21FN2S. The summed E-state index contributed by atoms with van der Waals surface area (Å²) in [7, 11) is 1.94. The fourth-order valence-electron chi connectivity index (χ4n) is 2.27. The molecule has 0 aliphatic heterocycles. The number of benzene rings is 1. The van der Waals surface area contributed by atoms with Crippen LogP contribution in [-0.4, -0.2) is 13.6 Å². The Bertz CT molecular complexity index is 525. The number of anilines is 1. The molecule has 1 aromatic carbocycles. The highest BCUT2D eigenvalue weighted by Gasteiger charge is 2.13. The van der Waals surface area contributed by atoms with E-state index in [1.807, 2.05) is 23.4 Å². The van der Waals surface area contributed by atoms with Gasteiger partial charge in [0.05, 0.1) is 5.69 Å². The Morgan fingerprint density at radius 3 is 2.85 bits per heavy atom. The lowest BCUT2D eigenvalue weighted by molar-refractivity contribution is 0.613. The third kappa shape index (κ3) is 3.81. The number of para-hydroxylation sites is 1. The first-order chi connectivity index (χ1) is 9.72. The van der Waals surface area contributed by atoms with E-state index in [-0.39, 0.29) is 5.82 Å². The number of nitrogens with zero attached hydrogens (tertiary/aromatic N) is 1. The van der Waals surface area contributed by atoms with Gasteiger partial charge < -0.3 is 10.2 Å². The van der Waals surface area contributed by atoms with Crippen LogP contribution in [0.25, 0.3) is 0 Å². The Labute approximate surface area is 124 Å². The van der Waals surface area contributed by atoms with Crippen LogP contribution in [0.2, 0.25) is 0 Å². The van der Waals surface area contributed by atoms with Crippen molar-refractivity contribution in [2.24, 2.45) is 0 Å². The zero-order valence-electron chi connectivity index (χ0n) is 12.0. The summed E-state index contributed by atoms with van der Waals surface area (Å²) < 4.78 is 14.2. The number of hydrogen-bond acceptors (Lipinski definition) is 3. The van der Waals surface area contributed by atoms with Gasteiger partial charge in [-0.2, -0.15) is 11.3 Å². The number of rotatable bonds is 7. The molecule has 1 aromatic heterocycles. The van der Waals surface area contributed by atoms with E-state index in [9.17, 15) is 4.39 Å². The van der Waals surface area contributed by atoms with Crippen molar-refractivity contribution in [3.63, 3.8) is 0 Å². The molecule has 20 heavy (non-hydrogen) atoms. The number of halogens is 1. The average molecular weight is 292 g/mol. The minimum Gasteiger partial charge on any atom is -0.368 e. The molecule has 0 atom stereocenters. The lowest BCUT2D eigenvalue weighted by atomic mass is 10.1. The van der Waals surface area contributed by atoms with E-state index >= 15 is 0 Å². The first kappa shape index (κ1) is 15.0. The molecule has 1 heterocycles. The van der Waals surface area contributed by atoms with Crippen molar-refractivity contribution >= 4 is 17.0 Å². The van der Waals surface area contributed by atoms with Crippen molar-refractivity contribution in [1.82, 2.24) is 5.32 Å². The normalized spacial score (nSPS) is 10.8. The average Bonchev–Trinajstić information content (AvgIpc) is 2.92. The predicted molar refractivity (Wildman–Crippen MR) is 84.8 cm³/mol. The lowest BCUT2D eigenvalue weighted by Gasteiger charge is -2.23. The van der Waals surface area contributed by atoms with Crippen LogP contribution in [0, 0.1) is 5.82 Å². The van der Waals surface area contributed by atoms with Gasteiger partial charge in [-0.15, -0.1) is 0 Å². The molecule has 0 aliphatic rings. The van der Waals surface area contributed by atoms with Gasteiger partial charge in [0, 0.05) is 20.1 Å². The smallest absolute Gasteiger partial charge is 0.146 e. The van der Waals surface area contributed by atoms with Crippen LogP contribution in [-0.2, 0) is 13.1 Å². The lowest BCUT2D eigenvalue weighted by Crippen LogP contribution is -2.22. The second kappa shape index (κ2) is 7.41. The molecule has 0 amide bonds. The number of thiophene rings is 1. The third-order valence-electron chi connectivity index (χ3n) is 3.19. The second-order valence-corrected chi connectivity index (χ2v) is 5.69. The highest BCUT2D eigenvalue weighted by Crippen LogP contribution is 2.25. The van der Waals surface area contributed by atoms with Gasteiger partial charge in [-0.05, 0) is 47.0 Å². The fourth-order valence-corrected chi connectivity index (χ4v) is 2.93. The molecule has 0 bridgehead atoms. The summed E-state index contributed by atoms with van der Waals surface area (Å²) in [4.78, 5) is 1.99.